The number of aliphatic hydroxyl groups is 1. The number of methoxy groups -OCH3 is 1. The minimum absolute atomic E-state index is 0.0180. The van der Waals surface area contributed by atoms with Crippen LogP contribution in [0.15, 0.2) is 53.7 Å². The number of benzene rings is 1. The van der Waals surface area contributed by atoms with Gasteiger partial charge in [-0.15, -0.1) is 11.3 Å². The number of ketones is 1. The van der Waals surface area contributed by atoms with Crippen molar-refractivity contribution in [2.45, 2.75) is 26.4 Å². The Hall–Kier alpha value is -3.16. The lowest BCUT2D eigenvalue weighted by Gasteiger charge is -2.25. The molecule has 2 aromatic heterocycles. The van der Waals surface area contributed by atoms with Gasteiger partial charge in [0.05, 0.1) is 23.3 Å². The first kappa shape index (κ1) is 22.0. The molecule has 0 radical (unpaired) electrons. The second-order valence-corrected chi connectivity index (χ2v) is 8.94. The van der Waals surface area contributed by atoms with Crippen LogP contribution < -0.4 is 4.74 Å². The van der Waals surface area contributed by atoms with Crippen LogP contribution in [0.4, 0.5) is 0 Å². The number of carbonyl (C=O) groups excluding carboxylic acids is 2. The molecule has 32 heavy (non-hydrogen) atoms. The number of hydrogen-bond acceptors (Lipinski definition) is 6. The van der Waals surface area contributed by atoms with Crippen LogP contribution in [0, 0.1) is 13.8 Å². The zero-order valence-corrected chi connectivity index (χ0v) is 19.3. The normalized spacial score (nSPS) is 17.8. The summed E-state index contributed by atoms with van der Waals surface area (Å²) in [5, 5.41) is 13.6. The molecule has 4 rings (SSSR count). The summed E-state index contributed by atoms with van der Waals surface area (Å²) in [5.74, 6) is -1.48. The van der Waals surface area contributed by atoms with Gasteiger partial charge in [-0.3, -0.25) is 14.6 Å². The molecule has 3 heterocycles. The first-order valence-electron chi connectivity index (χ1n) is 9.89. The summed E-state index contributed by atoms with van der Waals surface area (Å²) in [6.45, 7) is 3.92. The van der Waals surface area contributed by atoms with Crippen LogP contribution in [0.3, 0.4) is 0 Å². The molecule has 1 atom stereocenters. The van der Waals surface area contributed by atoms with Crippen molar-refractivity contribution in [1.29, 1.82) is 0 Å². The monoisotopic (exact) mass is 468 g/mol. The largest absolute Gasteiger partial charge is 0.507 e. The molecule has 1 amide bonds. The number of ether oxygens (including phenoxy) is 1. The Balaban J connectivity index is 1.93. The van der Waals surface area contributed by atoms with Gasteiger partial charge in [0.1, 0.15) is 17.6 Å². The van der Waals surface area contributed by atoms with E-state index < -0.39 is 17.7 Å². The molecule has 6 nitrogen and oxygen atoms in total. The van der Waals surface area contributed by atoms with Crippen molar-refractivity contribution in [1.82, 2.24) is 9.88 Å². The predicted octanol–water partition coefficient (Wildman–Crippen LogP) is 5.04. The maximum absolute atomic E-state index is 13.2. The van der Waals surface area contributed by atoms with Crippen LogP contribution in [-0.4, -0.2) is 33.8 Å². The number of amides is 1. The van der Waals surface area contributed by atoms with Gasteiger partial charge in [-0.2, -0.15) is 0 Å². The first-order chi connectivity index (χ1) is 15.3. The number of nitrogens with zero attached hydrogens (tertiary/aromatic N) is 2. The van der Waals surface area contributed by atoms with E-state index in [9.17, 15) is 14.7 Å². The molecule has 164 valence electrons. The Morgan fingerprint density at radius 3 is 2.69 bits per heavy atom. The van der Waals surface area contributed by atoms with Crippen LogP contribution in [0.25, 0.3) is 5.76 Å². The van der Waals surface area contributed by atoms with Gasteiger partial charge in [-0.05, 0) is 60.2 Å². The number of carbonyl (C=O) groups is 2. The van der Waals surface area contributed by atoms with E-state index in [0.717, 1.165) is 21.6 Å². The molecule has 1 aromatic carbocycles. The van der Waals surface area contributed by atoms with Gasteiger partial charge in [-0.1, -0.05) is 17.7 Å². The van der Waals surface area contributed by atoms with Gasteiger partial charge in [0.15, 0.2) is 0 Å². The molecule has 8 heteroatoms. The number of pyridine rings is 1. The van der Waals surface area contributed by atoms with Crippen LogP contribution in [0.2, 0.25) is 5.02 Å². The number of Topliss-reactive ketones (excluding diaryl/α,β-unsaturated/α-hetero) is 1. The molecular formula is C24H21ClN2O4S. The molecule has 1 aliphatic heterocycles. The molecule has 1 fully saturated rings. The van der Waals surface area contributed by atoms with Gasteiger partial charge < -0.3 is 14.7 Å². The Kier molecular flexibility index (Phi) is 6.04. The number of aliphatic hydroxyl groups excluding tert-OH is 1. The summed E-state index contributed by atoms with van der Waals surface area (Å²) in [6.07, 6.45) is 3.30. The topological polar surface area (TPSA) is 79.7 Å². The van der Waals surface area contributed by atoms with Crippen molar-refractivity contribution in [2.75, 3.05) is 7.11 Å². The molecule has 1 unspecified atom stereocenters. The summed E-state index contributed by atoms with van der Waals surface area (Å²) in [4.78, 5) is 32.7. The molecule has 1 aliphatic rings. The van der Waals surface area contributed by atoms with Crippen LogP contribution in [-0.2, 0) is 16.1 Å². The van der Waals surface area contributed by atoms with E-state index in [0.29, 0.717) is 5.02 Å². The predicted molar refractivity (Wildman–Crippen MR) is 124 cm³/mol. The molecule has 1 saturated heterocycles. The molecule has 0 saturated carbocycles. The smallest absolute Gasteiger partial charge is 0.295 e. The van der Waals surface area contributed by atoms with E-state index in [1.54, 1.807) is 30.6 Å². The number of hydrogen-bond donors (Lipinski definition) is 1. The highest BCUT2D eigenvalue weighted by atomic mass is 35.5. The van der Waals surface area contributed by atoms with Gasteiger partial charge >= 0.3 is 0 Å². The first-order valence-corrected chi connectivity index (χ1v) is 11.1. The lowest BCUT2D eigenvalue weighted by molar-refractivity contribution is -0.140. The lowest BCUT2D eigenvalue weighted by atomic mass is 9.97. The number of aryl methyl sites for hydroxylation is 2. The summed E-state index contributed by atoms with van der Waals surface area (Å²) in [7, 11) is 1.44. The Labute approximate surface area is 194 Å². The average molecular weight is 469 g/mol. The van der Waals surface area contributed by atoms with Crippen molar-refractivity contribution >= 4 is 40.4 Å². The number of likely N-dealkylation sites (tertiary alicyclic amines) is 1. The van der Waals surface area contributed by atoms with E-state index in [1.807, 2.05) is 31.4 Å². The molecular weight excluding hydrogens is 448 g/mol. The Morgan fingerprint density at radius 1 is 1.28 bits per heavy atom. The molecule has 0 bridgehead atoms. The standard InChI is InChI=1S/C24H21ClN2O4S/c1-13-9-16(22(31-3)17(25)10-13)20(28)18-19(23-14(2)6-8-32-23)27(24(30)21(18)29)12-15-5-4-7-26-11-15/h4-11,19,28H,12H2,1-3H3/b20-18+. The summed E-state index contributed by atoms with van der Waals surface area (Å²) in [6, 6.07) is 8.20. The van der Waals surface area contributed by atoms with Gasteiger partial charge in [0.25, 0.3) is 11.7 Å². The third-order valence-corrected chi connectivity index (χ3v) is 6.77. The van der Waals surface area contributed by atoms with E-state index >= 15 is 0 Å². The zero-order valence-electron chi connectivity index (χ0n) is 17.8. The second-order valence-electron chi connectivity index (χ2n) is 7.58. The highest BCUT2D eigenvalue weighted by Gasteiger charge is 2.47. The Morgan fingerprint density at radius 2 is 2.06 bits per heavy atom. The number of thiophene rings is 1. The number of aromatic nitrogens is 1. The molecule has 0 aliphatic carbocycles. The summed E-state index contributed by atoms with van der Waals surface area (Å²) in [5.41, 5.74) is 2.79. The maximum Gasteiger partial charge on any atom is 0.295 e. The summed E-state index contributed by atoms with van der Waals surface area (Å²) >= 11 is 7.76. The van der Waals surface area contributed by atoms with E-state index in [-0.39, 0.29) is 29.2 Å². The third-order valence-electron chi connectivity index (χ3n) is 5.41. The van der Waals surface area contributed by atoms with Crippen molar-refractivity contribution < 1.29 is 19.4 Å². The fourth-order valence-electron chi connectivity index (χ4n) is 3.93. The van der Waals surface area contributed by atoms with E-state index in [4.69, 9.17) is 16.3 Å². The van der Waals surface area contributed by atoms with Crippen LogP contribution in [0.5, 0.6) is 5.75 Å². The lowest BCUT2D eigenvalue weighted by Crippen LogP contribution is -2.29. The SMILES string of the molecule is COc1c(Cl)cc(C)cc1/C(O)=C1\C(=O)C(=O)N(Cc2cccnc2)C1c1sccc1C. The van der Waals surface area contributed by atoms with Crippen molar-refractivity contribution in [3.8, 4) is 5.75 Å². The van der Waals surface area contributed by atoms with Crippen molar-refractivity contribution in [3.05, 3.63) is 85.8 Å². The van der Waals surface area contributed by atoms with Gasteiger partial charge in [0, 0.05) is 23.8 Å². The number of halogens is 1. The molecule has 3 aromatic rings. The van der Waals surface area contributed by atoms with Crippen LogP contribution in [0.1, 0.15) is 33.2 Å². The van der Waals surface area contributed by atoms with Crippen molar-refractivity contribution in [2.24, 2.45) is 0 Å². The zero-order chi connectivity index (χ0) is 23.0. The Bertz CT molecular complexity index is 1240. The van der Waals surface area contributed by atoms with Crippen molar-refractivity contribution in [3.63, 3.8) is 0 Å². The third kappa shape index (κ3) is 3.78. The van der Waals surface area contributed by atoms with E-state index in [2.05, 4.69) is 4.98 Å². The quantitative estimate of drug-likeness (QED) is 0.322. The minimum atomic E-state index is -0.746. The number of rotatable bonds is 5. The van der Waals surface area contributed by atoms with Crippen LogP contribution >= 0.6 is 22.9 Å². The minimum Gasteiger partial charge on any atom is -0.507 e. The van der Waals surface area contributed by atoms with Gasteiger partial charge in [-0.25, -0.2) is 0 Å². The molecule has 1 N–H and O–H groups in total. The second kappa shape index (κ2) is 8.76. The fourth-order valence-corrected chi connectivity index (χ4v) is 5.32. The van der Waals surface area contributed by atoms with E-state index in [1.165, 1.54) is 23.3 Å². The maximum atomic E-state index is 13.2. The molecule has 0 spiro atoms. The summed E-state index contributed by atoms with van der Waals surface area (Å²) < 4.78 is 5.40. The fraction of sp³-hybridized carbons (Fsp3) is 0.208. The van der Waals surface area contributed by atoms with Gasteiger partial charge in [0.2, 0.25) is 0 Å². The highest BCUT2D eigenvalue weighted by molar-refractivity contribution is 7.10. The highest BCUT2D eigenvalue weighted by Crippen LogP contribution is 2.45. The average Bonchev–Trinajstić information content (AvgIpc) is 3.29.